The normalized spacial score (nSPS) is 18.5. The molecule has 3 heterocycles. The lowest BCUT2D eigenvalue weighted by molar-refractivity contribution is 0.0121. The molecule has 39 heavy (non-hydrogen) atoms. The van der Waals surface area contributed by atoms with Crippen molar-refractivity contribution < 1.29 is 18.8 Å². The quantitative estimate of drug-likeness (QED) is 0.450. The third kappa shape index (κ3) is 8.46. The van der Waals surface area contributed by atoms with Crippen molar-refractivity contribution in [1.82, 2.24) is 19.9 Å². The summed E-state index contributed by atoms with van der Waals surface area (Å²) in [6.07, 6.45) is 7.26. The van der Waals surface area contributed by atoms with Crippen LogP contribution in [0.25, 0.3) is 0 Å². The molecule has 1 fully saturated rings. The fourth-order valence-electron chi connectivity index (χ4n) is 4.13. The molecule has 0 aromatic carbocycles. The Bertz CT molecular complexity index is 1150. The Morgan fingerprint density at radius 2 is 1.82 bits per heavy atom. The molecule has 3 N–H and O–H groups in total. The molecular formula is C28H44N6O4Si. The average Bonchev–Trinajstić information content (AvgIpc) is 2.82. The maximum Gasteiger partial charge on any atom is 0.410 e. The van der Waals surface area contributed by atoms with Crippen LogP contribution in [0.2, 0.25) is 18.1 Å². The number of amides is 2. The smallest absolute Gasteiger partial charge is 0.410 e. The number of ether oxygens (including phenoxy) is 1. The number of primary amides is 1. The van der Waals surface area contributed by atoms with Crippen LogP contribution in [0.15, 0.2) is 30.9 Å². The minimum absolute atomic E-state index is 0.0299. The summed E-state index contributed by atoms with van der Waals surface area (Å²) in [5.41, 5.74) is 7.58. The number of nitrogens with two attached hydrogens (primary N) is 1. The lowest BCUT2D eigenvalue weighted by Crippen LogP contribution is -2.53. The monoisotopic (exact) mass is 556 g/mol. The van der Waals surface area contributed by atoms with E-state index in [4.69, 9.17) is 14.9 Å². The third-order valence-electron chi connectivity index (χ3n) is 7.40. The van der Waals surface area contributed by atoms with Crippen LogP contribution in [0.4, 0.5) is 10.5 Å². The molecule has 1 aliphatic heterocycles. The Morgan fingerprint density at radius 3 is 2.41 bits per heavy atom. The van der Waals surface area contributed by atoms with Gasteiger partial charge >= 0.3 is 6.09 Å². The molecule has 0 aliphatic carbocycles. The molecule has 2 amide bonds. The van der Waals surface area contributed by atoms with Gasteiger partial charge in [0, 0.05) is 68.6 Å². The average molecular weight is 557 g/mol. The highest BCUT2D eigenvalue weighted by Gasteiger charge is 2.40. The molecule has 1 saturated heterocycles. The van der Waals surface area contributed by atoms with E-state index in [2.05, 4.69) is 54.1 Å². The lowest BCUT2D eigenvalue weighted by atomic mass is 9.92. The number of carbonyl (C=O) groups excluding carboxylic acids is 2. The van der Waals surface area contributed by atoms with Crippen LogP contribution in [-0.4, -0.2) is 71.5 Å². The van der Waals surface area contributed by atoms with Crippen LogP contribution in [0, 0.1) is 5.92 Å². The van der Waals surface area contributed by atoms with Gasteiger partial charge < -0.3 is 25.1 Å². The molecule has 2 aromatic rings. The van der Waals surface area contributed by atoms with E-state index in [1.54, 1.807) is 23.5 Å². The third-order valence-corrected chi connectivity index (χ3v) is 11.9. The van der Waals surface area contributed by atoms with Gasteiger partial charge in [-0.15, -0.1) is 0 Å². The number of carbonyl (C=O) groups is 2. The van der Waals surface area contributed by atoms with Crippen molar-refractivity contribution in [1.29, 1.82) is 0 Å². The number of anilines is 1. The van der Waals surface area contributed by atoms with Gasteiger partial charge in [0.05, 0.1) is 16.9 Å². The first kappa shape index (κ1) is 30.5. The lowest BCUT2D eigenvalue weighted by Gasteiger charge is -2.42. The van der Waals surface area contributed by atoms with Crippen LogP contribution < -0.4 is 11.1 Å². The number of hydrogen-bond donors (Lipinski definition) is 2. The van der Waals surface area contributed by atoms with Gasteiger partial charge in [-0.25, -0.2) is 4.79 Å². The first-order chi connectivity index (χ1) is 18.1. The molecule has 0 saturated carbocycles. The van der Waals surface area contributed by atoms with E-state index in [0.717, 1.165) is 11.4 Å². The van der Waals surface area contributed by atoms with Crippen molar-refractivity contribution >= 4 is 26.0 Å². The Morgan fingerprint density at radius 1 is 1.10 bits per heavy atom. The molecule has 0 bridgehead atoms. The number of nitrogens with zero attached hydrogens (tertiary/aromatic N) is 4. The van der Waals surface area contributed by atoms with E-state index in [-0.39, 0.29) is 23.1 Å². The molecule has 10 nitrogen and oxygen atoms in total. The van der Waals surface area contributed by atoms with E-state index >= 15 is 0 Å². The summed E-state index contributed by atoms with van der Waals surface area (Å²) in [5, 5.41) is 3.62. The second kappa shape index (κ2) is 12.0. The minimum atomic E-state index is -2.04. The molecule has 0 unspecified atom stereocenters. The molecule has 0 spiro atoms. The Hall–Kier alpha value is -3.05. The zero-order valence-corrected chi connectivity index (χ0v) is 25.6. The van der Waals surface area contributed by atoms with Gasteiger partial charge in [0.15, 0.2) is 8.32 Å². The highest BCUT2D eigenvalue weighted by molar-refractivity contribution is 6.74. The zero-order chi connectivity index (χ0) is 29.0. The first-order valence-electron chi connectivity index (χ1n) is 13.5. The van der Waals surface area contributed by atoms with E-state index < -0.39 is 19.8 Å². The fourth-order valence-corrected chi connectivity index (χ4v) is 5.20. The van der Waals surface area contributed by atoms with Crippen molar-refractivity contribution in [3.05, 3.63) is 47.8 Å². The molecule has 11 heteroatoms. The van der Waals surface area contributed by atoms with E-state index in [9.17, 15) is 9.59 Å². The van der Waals surface area contributed by atoms with Gasteiger partial charge in [-0.1, -0.05) is 20.8 Å². The number of aromatic nitrogens is 3. The molecule has 3 rings (SSSR count). The molecule has 2 atom stereocenters. The van der Waals surface area contributed by atoms with Crippen molar-refractivity contribution in [3.8, 4) is 0 Å². The predicted octanol–water partition coefficient (Wildman–Crippen LogP) is 4.62. The number of piperidine rings is 1. The van der Waals surface area contributed by atoms with Crippen LogP contribution in [0.5, 0.6) is 0 Å². The number of pyridine rings is 1. The fraction of sp³-hybridized carbons (Fsp3) is 0.607. The predicted molar refractivity (Wildman–Crippen MR) is 154 cm³/mol. The Labute approximate surface area is 233 Å². The zero-order valence-electron chi connectivity index (χ0n) is 24.6. The summed E-state index contributed by atoms with van der Waals surface area (Å²) in [6.45, 7) is 18.1. The summed E-state index contributed by atoms with van der Waals surface area (Å²) >= 11 is 0. The summed E-state index contributed by atoms with van der Waals surface area (Å²) in [4.78, 5) is 39.8. The number of nitrogens with one attached hydrogen (secondary N) is 1. The van der Waals surface area contributed by atoms with Gasteiger partial charge in [-0.2, -0.15) is 0 Å². The molecule has 0 radical (unpaired) electrons. The van der Waals surface area contributed by atoms with Gasteiger partial charge in [0.1, 0.15) is 5.60 Å². The summed E-state index contributed by atoms with van der Waals surface area (Å²) < 4.78 is 12.3. The van der Waals surface area contributed by atoms with E-state index in [1.807, 2.05) is 26.8 Å². The molecule has 1 aliphatic rings. The SMILES string of the molecule is CC(C)(C)OC(=O)N1CC[C@@H](Nc2cc(Cc3cnccn3)ncc2C(N)=O)[C@@H](CO[Si](C)(C)C(C)(C)C)C1. The van der Waals surface area contributed by atoms with Gasteiger partial charge in [0.25, 0.3) is 5.91 Å². The summed E-state index contributed by atoms with van der Waals surface area (Å²) in [7, 11) is -2.04. The van der Waals surface area contributed by atoms with Crippen molar-refractivity contribution in [2.45, 2.75) is 84.2 Å². The minimum Gasteiger partial charge on any atom is -0.444 e. The topological polar surface area (TPSA) is 133 Å². The van der Waals surface area contributed by atoms with Crippen LogP contribution in [0.1, 0.15) is 69.7 Å². The second-order valence-electron chi connectivity index (χ2n) is 12.8. The van der Waals surface area contributed by atoms with Gasteiger partial charge in [-0.3, -0.25) is 19.7 Å². The Kier molecular flexibility index (Phi) is 9.38. The molecule has 214 valence electrons. The van der Waals surface area contributed by atoms with E-state index in [0.29, 0.717) is 43.8 Å². The highest BCUT2D eigenvalue weighted by Crippen LogP contribution is 2.37. The summed E-state index contributed by atoms with van der Waals surface area (Å²) in [5.74, 6) is -0.589. The maximum absolute atomic E-state index is 12.9. The van der Waals surface area contributed by atoms with Crippen LogP contribution >= 0.6 is 0 Å². The van der Waals surface area contributed by atoms with Crippen LogP contribution in [0.3, 0.4) is 0 Å². The standard InChI is InChI=1S/C28H44N6O4Si/c1-27(2,3)38-26(36)34-12-9-23(19(17-34)18-37-39(7,8)28(4,5)6)33-24-14-20(32-16-22(24)25(29)35)13-21-15-30-10-11-31-21/h10-11,14-16,19,23H,9,12-13,17-18H2,1-8H3,(H2,29,35)(H,32,33)/t19-,23-/m1/s1. The van der Waals surface area contributed by atoms with Crippen molar-refractivity contribution in [2.24, 2.45) is 11.7 Å². The van der Waals surface area contributed by atoms with Gasteiger partial charge in [-0.05, 0) is 51.4 Å². The number of hydrogen-bond acceptors (Lipinski definition) is 8. The summed E-state index contributed by atoms with van der Waals surface area (Å²) in [6, 6.07) is 1.79. The Balaban J connectivity index is 1.86. The largest absolute Gasteiger partial charge is 0.444 e. The second-order valence-corrected chi connectivity index (χ2v) is 17.6. The van der Waals surface area contributed by atoms with Crippen molar-refractivity contribution in [3.63, 3.8) is 0 Å². The van der Waals surface area contributed by atoms with Gasteiger partial charge in [0.2, 0.25) is 0 Å². The van der Waals surface area contributed by atoms with E-state index in [1.165, 1.54) is 6.20 Å². The van der Waals surface area contributed by atoms with Crippen molar-refractivity contribution in [2.75, 3.05) is 25.0 Å². The molecular weight excluding hydrogens is 512 g/mol. The molecule has 2 aromatic heterocycles. The number of rotatable bonds is 8. The highest BCUT2D eigenvalue weighted by atomic mass is 28.4. The van der Waals surface area contributed by atoms with Crippen LogP contribution in [-0.2, 0) is 15.6 Å². The first-order valence-corrected chi connectivity index (χ1v) is 16.4. The maximum atomic E-state index is 12.9. The number of likely N-dealkylation sites (tertiary alicyclic amines) is 1.